The van der Waals surface area contributed by atoms with E-state index >= 15 is 0 Å². The molecule has 0 aliphatic heterocycles. The molecule has 0 aliphatic carbocycles. The van der Waals surface area contributed by atoms with E-state index in [1.165, 1.54) is 0 Å². The van der Waals surface area contributed by atoms with Gasteiger partial charge in [0.25, 0.3) is 5.91 Å². The van der Waals surface area contributed by atoms with E-state index in [0.29, 0.717) is 25.8 Å². The minimum absolute atomic E-state index is 0.0549. The van der Waals surface area contributed by atoms with Crippen molar-refractivity contribution in [2.75, 3.05) is 13.2 Å². The van der Waals surface area contributed by atoms with Crippen LogP contribution in [0.1, 0.15) is 65.0 Å². The summed E-state index contributed by atoms with van der Waals surface area (Å²) < 4.78 is 5.09. The summed E-state index contributed by atoms with van der Waals surface area (Å²) in [6.07, 6.45) is -1.82. The highest BCUT2D eigenvalue weighted by Crippen LogP contribution is 2.26. The third-order valence-electron chi connectivity index (χ3n) is 9.41. The molecule has 5 N–H and O–H groups in total. The Morgan fingerprint density at radius 2 is 1.27 bits per heavy atom. The Balaban J connectivity index is 1.62. The zero-order chi connectivity index (χ0) is 37.6. The summed E-state index contributed by atoms with van der Waals surface area (Å²) >= 11 is 0. The number of amides is 4. The van der Waals surface area contributed by atoms with Crippen LogP contribution in [0.15, 0.2) is 84.9 Å². The number of ether oxygens (including phenoxy) is 1. The number of carbonyl (C=O) groups is 4. The van der Waals surface area contributed by atoms with Crippen LogP contribution in [0.3, 0.4) is 0 Å². The van der Waals surface area contributed by atoms with Crippen LogP contribution in [0.25, 0.3) is 21.5 Å². The van der Waals surface area contributed by atoms with Crippen molar-refractivity contribution in [3.63, 3.8) is 0 Å². The van der Waals surface area contributed by atoms with Gasteiger partial charge in [0, 0.05) is 12.5 Å². The number of benzene rings is 4. The van der Waals surface area contributed by atoms with Crippen LogP contribution in [0, 0.1) is 17.8 Å². The van der Waals surface area contributed by atoms with Gasteiger partial charge < -0.3 is 25.8 Å². The Morgan fingerprint density at radius 1 is 0.712 bits per heavy atom. The number of rotatable bonds is 18. The summed E-state index contributed by atoms with van der Waals surface area (Å²) in [6.45, 7) is 10.1. The maximum absolute atomic E-state index is 14.4. The topological polar surface area (TPSA) is 146 Å². The summed E-state index contributed by atoms with van der Waals surface area (Å²) in [7, 11) is 0. The van der Waals surface area contributed by atoms with E-state index in [-0.39, 0.29) is 30.8 Å². The molecule has 0 heterocycles. The fraction of sp³-hybridized carbons (Fsp3) is 0.429. The minimum atomic E-state index is -1.52. The number of fused-ring (bicyclic) bond motifs is 2. The SMILES string of the molecule is CCOC(=O)NC(NC(=O)C(Cc1cccc2ccccc12)Cc1cccc2ccccc12)C(=O)N[C@@H](CC(C)C)[C@H](O)CC(=O)NC[C@@H](C)CC. The van der Waals surface area contributed by atoms with Crippen molar-refractivity contribution in [2.45, 2.75) is 85.0 Å². The molecule has 0 aliphatic rings. The monoisotopic (exact) mass is 710 g/mol. The molecule has 0 spiro atoms. The lowest BCUT2D eigenvalue weighted by Gasteiger charge is -2.29. The number of hydrogen-bond donors (Lipinski definition) is 5. The predicted molar refractivity (Wildman–Crippen MR) is 205 cm³/mol. The highest BCUT2D eigenvalue weighted by atomic mass is 16.5. The first-order chi connectivity index (χ1) is 25.0. The van der Waals surface area contributed by atoms with E-state index in [1.807, 2.05) is 113 Å². The first-order valence-electron chi connectivity index (χ1n) is 18.4. The molecular formula is C42H54N4O6. The van der Waals surface area contributed by atoms with Crippen LogP contribution in [0.5, 0.6) is 0 Å². The van der Waals surface area contributed by atoms with Gasteiger partial charge in [-0.15, -0.1) is 0 Å². The molecule has 4 rings (SSSR count). The zero-order valence-corrected chi connectivity index (χ0v) is 31.0. The maximum atomic E-state index is 14.4. The van der Waals surface area contributed by atoms with Crippen LogP contribution >= 0.6 is 0 Å². The average molecular weight is 711 g/mol. The van der Waals surface area contributed by atoms with Gasteiger partial charge in [-0.1, -0.05) is 119 Å². The summed E-state index contributed by atoms with van der Waals surface area (Å²) in [5, 5.41) is 26.3. The van der Waals surface area contributed by atoms with Crippen LogP contribution < -0.4 is 21.3 Å². The van der Waals surface area contributed by atoms with Gasteiger partial charge in [-0.3, -0.25) is 19.7 Å². The highest BCUT2D eigenvalue weighted by Gasteiger charge is 2.32. The van der Waals surface area contributed by atoms with Gasteiger partial charge in [0.05, 0.1) is 25.2 Å². The van der Waals surface area contributed by atoms with Crippen LogP contribution in [0.4, 0.5) is 4.79 Å². The van der Waals surface area contributed by atoms with E-state index in [4.69, 9.17) is 4.74 Å². The van der Waals surface area contributed by atoms with Crippen molar-refractivity contribution in [1.29, 1.82) is 0 Å². The van der Waals surface area contributed by atoms with E-state index in [9.17, 15) is 24.3 Å². The quantitative estimate of drug-likeness (QED) is 0.0798. The molecule has 0 saturated carbocycles. The molecule has 4 atom stereocenters. The first-order valence-corrected chi connectivity index (χ1v) is 18.4. The first kappa shape index (κ1) is 39.8. The van der Waals surface area contributed by atoms with Gasteiger partial charge in [-0.2, -0.15) is 0 Å². The molecule has 52 heavy (non-hydrogen) atoms. The predicted octanol–water partition coefficient (Wildman–Crippen LogP) is 6.03. The van der Waals surface area contributed by atoms with Gasteiger partial charge in [0.2, 0.25) is 11.8 Å². The second kappa shape index (κ2) is 19.6. The number of hydrogen-bond acceptors (Lipinski definition) is 6. The Hall–Kier alpha value is -4.96. The molecule has 278 valence electrons. The van der Waals surface area contributed by atoms with Gasteiger partial charge >= 0.3 is 6.09 Å². The fourth-order valence-electron chi connectivity index (χ4n) is 6.37. The Labute approximate surface area is 307 Å². The second-order valence-corrected chi connectivity index (χ2v) is 14.0. The molecule has 4 amide bonds. The lowest BCUT2D eigenvalue weighted by Crippen LogP contribution is -2.60. The van der Waals surface area contributed by atoms with Gasteiger partial charge in [0.1, 0.15) is 0 Å². The van der Waals surface area contributed by atoms with Crippen LogP contribution in [-0.2, 0) is 32.0 Å². The number of carbonyl (C=O) groups excluding carboxylic acids is 4. The third-order valence-corrected chi connectivity index (χ3v) is 9.41. The maximum Gasteiger partial charge on any atom is 0.409 e. The van der Waals surface area contributed by atoms with Crippen molar-refractivity contribution in [3.8, 4) is 0 Å². The Morgan fingerprint density at radius 3 is 1.81 bits per heavy atom. The standard InChI is InChI=1S/C42H54N4O6/c1-6-28(5)26-43-38(48)25-37(47)36(22-27(3)4)44-41(50)39(46-42(51)52-7-2)45-40(49)33(23-31-18-12-16-29-14-8-10-20-34(29)31)24-32-19-13-17-30-15-9-11-21-35(30)32/h8-21,27-28,33,36-37,39,47H,6-7,22-26H2,1-5H3,(H,43,48)(H,44,50)(H,45,49)(H,46,51)/t28-,36-,37+,39?/m0/s1. The molecular weight excluding hydrogens is 656 g/mol. The molecule has 0 radical (unpaired) electrons. The van der Waals surface area contributed by atoms with Crippen LogP contribution in [-0.4, -0.2) is 60.4 Å². The van der Waals surface area contributed by atoms with E-state index < -0.39 is 42.1 Å². The number of aliphatic hydroxyl groups is 1. The van der Waals surface area contributed by atoms with Crippen molar-refractivity contribution >= 4 is 45.4 Å². The van der Waals surface area contributed by atoms with Gasteiger partial charge in [-0.05, 0) is 70.7 Å². The normalized spacial score (nSPS) is 13.7. The second-order valence-electron chi connectivity index (χ2n) is 14.0. The molecule has 0 aromatic heterocycles. The molecule has 10 heteroatoms. The number of aliphatic hydroxyl groups excluding tert-OH is 1. The molecule has 1 unspecified atom stereocenters. The molecule has 4 aromatic carbocycles. The van der Waals surface area contributed by atoms with Gasteiger partial charge in [0.15, 0.2) is 6.17 Å². The van der Waals surface area contributed by atoms with Crippen molar-refractivity contribution in [3.05, 3.63) is 96.1 Å². The lowest BCUT2D eigenvalue weighted by molar-refractivity contribution is -0.133. The molecule has 4 aromatic rings. The molecule has 10 nitrogen and oxygen atoms in total. The smallest absolute Gasteiger partial charge is 0.409 e. The largest absolute Gasteiger partial charge is 0.450 e. The third kappa shape index (κ3) is 11.5. The lowest BCUT2D eigenvalue weighted by atomic mass is 9.88. The highest BCUT2D eigenvalue weighted by molar-refractivity contribution is 5.92. The summed E-state index contributed by atoms with van der Waals surface area (Å²) in [5.41, 5.74) is 1.95. The van der Waals surface area contributed by atoms with Crippen molar-refractivity contribution in [1.82, 2.24) is 21.3 Å². The Kier molecular flexibility index (Phi) is 15.0. The van der Waals surface area contributed by atoms with E-state index in [0.717, 1.165) is 39.1 Å². The zero-order valence-electron chi connectivity index (χ0n) is 31.0. The number of nitrogens with one attached hydrogen (secondary N) is 4. The number of alkyl carbamates (subject to hydrolysis) is 1. The van der Waals surface area contributed by atoms with E-state index in [1.54, 1.807) is 6.92 Å². The van der Waals surface area contributed by atoms with E-state index in [2.05, 4.69) is 21.3 Å². The van der Waals surface area contributed by atoms with Gasteiger partial charge in [-0.25, -0.2) is 4.79 Å². The van der Waals surface area contributed by atoms with Crippen molar-refractivity contribution < 1.29 is 29.0 Å². The van der Waals surface area contributed by atoms with Crippen molar-refractivity contribution in [2.24, 2.45) is 17.8 Å². The summed E-state index contributed by atoms with van der Waals surface area (Å²) in [6, 6.07) is 27.2. The molecule has 0 fully saturated rings. The molecule has 0 saturated heterocycles. The average Bonchev–Trinajstić information content (AvgIpc) is 3.13. The summed E-state index contributed by atoms with van der Waals surface area (Å²) in [5.74, 6) is -1.80. The van der Waals surface area contributed by atoms with Crippen LogP contribution in [0.2, 0.25) is 0 Å². The minimum Gasteiger partial charge on any atom is -0.450 e. The fourth-order valence-corrected chi connectivity index (χ4v) is 6.37. The Bertz CT molecular complexity index is 1720. The summed E-state index contributed by atoms with van der Waals surface area (Å²) in [4.78, 5) is 53.7. The molecule has 0 bridgehead atoms.